The third-order valence-electron chi connectivity index (χ3n) is 4.67. The van der Waals surface area contributed by atoms with Crippen LogP contribution in [0.25, 0.3) is 0 Å². The Hall–Kier alpha value is -1.96. The highest BCUT2D eigenvalue weighted by molar-refractivity contribution is 5.68. The predicted octanol–water partition coefficient (Wildman–Crippen LogP) is 4.30. The fourth-order valence-corrected chi connectivity index (χ4v) is 3.13. The van der Waals surface area contributed by atoms with Crippen LogP contribution >= 0.6 is 0 Å². The smallest absolute Gasteiger partial charge is 0.421 e. The average Bonchev–Trinajstić information content (AvgIpc) is 2.40. The SMILES string of the molecule is CC(C)(C)NC(=O)OC1CC(Oc2cccc(C3(C(F)(F)F)CCO3)c2)C1. The lowest BCUT2D eigenvalue weighted by molar-refractivity contribution is -0.333. The normalized spacial score (nSPS) is 27.9. The highest BCUT2D eigenvalue weighted by Crippen LogP contribution is 2.50. The number of alkyl carbamates (subject to hydrolysis) is 1. The van der Waals surface area contributed by atoms with Crippen LogP contribution in [0.5, 0.6) is 5.75 Å². The monoisotopic (exact) mass is 387 g/mol. The van der Waals surface area contributed by atoms with Crippen LogP contribution in [0.4, 0.5) is 18.0 Å². The first kappa shape index (κ1) is 19.8. The summed E-state index contributed by atoms with van der Waals surface area (Å²) < 4.78 is 56.1. The van der Waals surface area contributed by atoms with Crippen molar-refractivity contribution in [3.05, 3.63) is 29.8 Å². The van der Waals surface area contributed by atoms with Crippen LogP contribution < -0.4 is 10.1 Å². The summed E-state index contributed by atoms with van der Waals surface area (Å²) in [5.74, 6) is 0.356. The van der Waals surface area contributed by atoms with Gasteiger partial charge in [0.2, 0.25) is 0 Å². The zero-order valence-corrected chi connectivity index (χ0v) is 15.6. The molecule has 1 heterocycles. The zero-order chi connectivity index (χ0) is 19.9. The molecular weight excluding hydrogens is 363 g/mol. The number of benzene rings is 1. The molecule has 0 aromatic heterocycles. The Morgan fingerprint density at radius 1 is 1.22 bits per heavy atom. The second kappa shape index (κ2) is 6.89. The number of hydrogen-bond acceptors (Lipinski definition) is 4. The van der Waals surface area contributed by atoms with Crippen molar-refractivity contribution in [1.29, 1.82) is 0 Å². The van der Waals surface area contributed by atoms with Gasteiger partial charge in [-0.05, 0) is 38.5 Å². The van der Waals surface area contributed by atoms with E-state index in [1.54, 1.807) is 6.07 Å². The van der Waals surface area contributed by atoms with Gasteiger partial charge in [0, 0.05) is 24.8 Å². The van der Waals surface area contributed by atoms with E-state index in [4.69, 9.17) is 14.2 Å². The summed E-state index contributed by atoms with van der Waals surface area (Å²) in [4.78, 5) is 11.7. The van der Waals surface area contributed by atoms with E-state index in [9.17, 15) is 18.0 Å². The largest absolute Gasteiger partial charge is 0.490 e. The molecule has 5 nitrogen and oxygen atoms in total. The van der Waals surface area contributed by atoms with Crippen molar-refractivity contribution in [2.45, 2.75) is 69.6 Å². The summed E-state index contributed by atoms with van der Waals surface area (Å²) in [5.41, 5.74) is -2.56. The van der Waals surface area contributed by atoms with Crippen LogP contribution in [0.3, 0.4) is 0 Å². The average molecular weight is 387 g/mol. The van der Waals surface area contributed by atoms with Gasteiger partial charge in [0.25, 0.3) is 0 Å². The van der Waals surface area contributed by atoms with Gasteiger partial charge in [-0.2, -0.15) is 13.2 Å². The molecule has 2 aliphatic rings. The van der Waals surface area contributed by atoms with Crippen molar-refractivity contribution >= 4 is 6.09 Å². The summed E-state index contributed by atoms with van der Waals surface area (Å²) in [7, 11) is 0. The minimum absolute atomic E-state index is 0.0513. The summed E-state index contributed by atoms with van der Waals surface area (Å²) in [6, 6.07) is 5.94. The zero-order valence-electron chi connectivity index (χ0n) is 15.6. The quantitative estimate of drug-likeness (QED) is 0.837. The number of hydrogen-bond donors (Lipinski definition) is 1. The Balaban J connectivity index is 1.54. The number of rotatable bonds is 4. The summed E-state index contributed by atoms with van der Waals surface area (Å²) >= 11 is 0. The van der Waals surface area contributed by atoms with E-state index in [1.807, 2.05) is 20.8 Å². The molecule has 150 valence electrons. The fraction of sp³-hybridized carbons (Fsp3) is 0.632. The molecule has 1 aromatic rings. The van der Waals surface area contributed by atoms with E-state index in [2.05, 4.69) is 5.32 Å². The molecule has 2 fully saturated rings. The van der Waals surface area contributed by atoms with Gasteiger partial charge < -0.3 is 19.5 Å². The van der Waals surface area contributed by atoms with E-state index >= 15 is 0 Å². The summed E-state index contributed by atoms with van der Waals surface area (Å²) in [6.07, 6.45) is -4.50. The molecule has 0 radical (unpaired) electrons. The number of alkyl halides is 3. The van der Waals surface area contributed by atoms with E-state index in [0.29, 0.717) is 18.6 Å². The van der Waals surface area contributed by atoms with Crippen molar-refractivity contribution in [2.75, 3.05) is 6.61 Å². The molecule has 0 bridgehead atoms. The van der Waals surface area contributed by atoms with Crippen LogP contribution in [0, 0.1) is 0 Å². The van der Waals surface area contributed by atoms with Gasteiger partial charge in [-0.3, -0.25) is 0 Å². The first-order valence-electron chi connectivity index (χ1n) is 8.95. The maximum Gasteiger partial charge on any atom is 0.421 e. The number of carbonyl (C=O) groups is 1. The van der Waals surface area contributed by atoms with E-state index in [-0.39, 0.29) is 36.3 Å². The predicted molar refractivity (Wildman–Crippen MR) is 91.6 cm³/mol. The van der Waals surface area contributed by atoms with Crippen LogP contribution in [0.15, 0.2) is 24.3 Å². The Morgan fingerprint density at radius 2 is 1.89 bits per heavy atom. The lowest BCUT2D eigenvalue weighted by Crippen LogP contribution is -2.52. The lowest BCUT2D eigenvalue weighted by atomic mass is 9.85. The highest BCUT2D eigenvalue weighted by Gasteiger charge is 2.61. The molecule has 1 saturated heterocycles. The molecule has 8 heteroatoms. The summed E-state index contributed by atoms with van der Waals surface area (Å²) in [6.45, 7) is 5.65. The molecule has 1 aliphatic heterocycles. The fourth-order valence-electron chi connectivity index (χ4n) is 3.13. The number of carbonyl (C=O) groups excluding carboxylic acids is 1. The second-order valence-electron chi connectivity index (χ2n) is 8.06. The number of ether oxygens (including phenoxy) is 3. The highest BCUT2D eigenvalue weighted by atomic mass is 19.4. The summed E-state index contributed by atoms with van der Waals surface area (Å²) in [5, 5.41) is 2.71. The van der Waals surface area contributed by atoms with Crippen molar-refractivity contribution in [3.63, 3.8) is 0 Å². The number of amides is 1. The molecule has 1 aliphatic carbocycles. The lowest BCUT2D eigenvalue weighted by Gasteiger charge is -2.43. The third-order valence-corrected chi connectivity index (χ3v) is 4.67. The molecule has 1 atom stereocenters. The first-order chi connectivity index (χ1) is 12.5. The van der Waals surface area contributed by atoms with Crippen molar-refractivity contribution in [1.82, 2.24) is 5.32 Å². The number of nitrogens with one attached hydrogen (secondary N) is 1. The van der Waals surface area contributed by atoms with Crippen LogP contribution in [-0.4, -0.2) is 36.6 Å². The first-order valence-corrected chi connectivity index (χ1v) is 8.95. The molecule has 1 aromatic carbocycles. The molecule has 3 rings (SSSR count). The van der Waals surface area contributed by atoms with Gasteiger partial charge in [0.1, 0.15) is 18.0 Å². The minimum atomic E-state index is -4.47. The maximum absolute atomic E-state index is 13.4. The van der Waals surface area contributed by atoms with E-state index in [1.165, 1.54) is 18.2 Å². The van der Waals surface area contributed by atoms with Gasteiger partial charge >= 0.3 is 12.3 Å². The van der Waals surface area contributed by atoms with Gasteiger partial charge in [0.15, 0.2) is 5.60 Å². The van der Waals surface area contributed by atoms with E-state index < -0.39 is 17.9 Å². The van der Waals surface area contributed by atoms with Crippen LogP contribution in [0.1, 0.15) is 45.6 Å². The van der Waals surface area contributed by atoms with Gasteiger partial charge in [-0.1, -0.05) is 12.1 Å². The molecule has 0 spiro atoms. The van der Waals surface area contributed by atoms with Crippen molar-refractivity contribution in [3.8, 4) is 5.75 Å². The van der Waals surface area contributed by atoms with Gasteiger partial charge in [-0.15, -0.1) is 0 Å². The van der Waals surface area contributed by atoms with Gasteiger partial charge in [-0.25, -0.2) is 4.79 Å². The molecule has 1 amide bonds. The molecule has 27 heavy (non-hydrogen) atoms. The van der Waals surface area contributed by atoms with Gasteiger partial charge in [0.05, 0.1) is 6.61 Å². The van der Waals surface area contributed by atoms with Crippen LogP contribution in [0.2, 0.25) is 0 Å². The minimum Gasteiger partial charge on any atom is -0.490 e. The Kier molecular flexibility index (Phi) is 5.05. The molecule has 1 N–H and O–H groups in total. The van der Waals surface area contributed by atoms with Crippen molar-refractivity contribution in [2.24, 2.45) is 0 Å². The van der Waals surface area contributed by atoms with Crippen molar-refractivity contribution < 1.29 is 32.2 Å². The standard InChI is InChI=1S/C19H24F3NO4/c1-17(2,3)23-16(24)27-15-10-14(11-15)26-13-6-4-5-12(9-13)18(7-8-25-18)19(20,21)22/h4-6,9,14-15H,7-8,10-11H2,1-3H3,(H,23,24). The molecule has 1 unspecified atom stereocenters. The molecule has 1 saturated carbocycles. The molecular formula is C19H24F3NO4. The van der Waals surface area contributed by atoms with E-state index in [0.717, 1.165) is 0 Å². The Morgan fingerprint density at radius 3 is 2.41 bits per heavy atom. The Bertz CT molecular complexity index is 689. The third kappa shape index (κ3) is 4.31. The maximum atomic E-state index is 13.4. The number of halogens is 3. The Labute approximate surface area is 156 Å². The van der Waals surface area contributed by atoms with Crippen LogP contribution in [-0.2, 0) is 15.1 Å². The second-order valence-corrected chi connectivity index (χ2v) is 8.06. The topological polar surface area (TPSA) is 56.8 Å².